The van der Waals surface area contributed by atoms with Crippen LogP contribution in [-0.2, 0) is 13.0 Å². The van der Waals surface area contributed by atoms with Gasteiger partial charge < -0.3 is 10.7 Å². The number of benzene rings is 2. The van der Waals surface area contributed by atoms with Crippen LogP contribution in [0.15, 0.2) is 42.5 Å². The highest BCUT2D eigenvalue weighted by molar-refractivity contribution is 5.75. The predicted molar refractivity (Wildman–Crippen MR) is 84.1 cm³/mol. The molecule has 0 bridgehead atoms. The number of hydrogen-bond acceptors (Lipinski definition) is 5. The molecule has 0 fully saturated rings. The summed E-state index contributed by atoms with van der Waals surface area (Å²) >= 11 is 0. The van der Waals surface area contributed by atoms with Gasteiger partial charge in [-0.15, -0.1) is 0 Å². The largest absolute Gasteiger partial charge is 0.375 e. The number of nitro benzene ring substituents is 1. The summed E-state index contributed by atoms with van der Waals surface area (Å²) in [5.74, 6) is 5.31. The summed E-state index contributed by atoms with van der Waals surface area (Å²) in [5.41, 5.74) is 5.35. The molecule has 0 saturated carbocycles. The van der Waals surface area contributed by atoms with Gasteiger partial charge in [-0.2, -0.15) is 0 Å². The monoisotopic (exact) mass is 286 g/mol. The lowest BCUT2D eigenvalue weighted by Gasteiger charge is -2.10. The standard InChI is InChI=1S/C15H18N4O2/c1-2-11-6-8-12(9-7-11)10-17-13-4-3-5-14(18-16)15(13)19(20)21/h3-9,17-18H,2,10,16H2,1H3. The summed E-state index contributed by atoms with van der Waals surface area (Å²) in [6, 6.07) is 13.1. The van der Waals surface area contributed by atoms with Crippen LogP contribution in [0, 0.1) is 10.1 Å². The van der Waals surface area contributed by atoms with Gasteiger partial charge in [0, 0.05) is 6.54 Å². The third kappa shape index (κ3) is 3.49. The van der Waals surface area contributed by atoms with Crippen molar-refractivity contribution in [2.45, 2.75) is 19.9 Å². The lowest BCUT2D eigenvalue weighted by Crippen LogP contribution is -2.11. The fraction of sp³-hybridized carbons (Fsp3) is 0.200. The minimum atomic E-state index is -0.447. The van der Waals surface area contributed by atoms with Gasteiger partial charge in [-0.1, -0.05) is 37.3 Å². The Labute approximate surface area is 123 Å². The molecule has 21 heavy (non-hydrogen) atoms. The molecule has 0 radical (unpaired) electrons. The molecule has 0 unspecified atom stereocenters. The Balaban J connectivity index is 2.17. The molecule has 2 rings (SSSR count). The maximum atomic E-state index is 11.2. The number of nitrogens with zero attached hydrogens (tertiary/aromatic N) is 1. The molecule has 0 aromatic heterocycles. The van der Waals surface area contributed by atoms with E-state index in [1.165, 1.54) is 5.56 Å². The molecule has 6 nitrogen and oxygen atoms in total. The second-order valence-electron chi connectivity index (χ2n) is 4.63. The van der Waals surface area contributed by atoms with Crippen molar-refractivity contribution in [3.05, 3.63) is 63.7 Å². The maximum absolute atomic E-state index is 11.2. The molecule has 0 amide bonds. The fourth-order valence-electron chi connectivity index (χ4n) is 2.09. The molecule has 0 aliphatic carbocycles. The first-order valence-corrected chi connectivity index (χ1v) is 6.71. The Morgan fingerprint density at radius 1 is 1.10 bits per heavy atom. The topological polar surface area (TPSA) is 93.2 Å². The fourth-order valence-corrected chi connectivity index (χ4v) is 2.09. The number of nitrogens with one attached hydrogen (secondary N) is 2. The van der Waals surface area contributed by atoms with Crippen molar-refractivity contribution >= 4 is 17.1 Å². The Morgan fingerprint density at radius 3 is 2.29 bits per heavy atom. The molecule has 0 atom stereocenters. The summed E-state index contributed by atoms with van der Waals surface area (Å²) in [6.07, 6.45) is 0.989. The second kappa shape index (κ2) is 6.71. The van der Waals surface area contributed by atoms with Crippen molar-refractivity contribution in [2.24, 2.45) is 5.84 Å². The van der Waals surface area contributed by atoms with Gasteiger partial charge in [0.1, 0.15) is 11.4 Å². The van der Waals surface area contributed by atoms with Gasteiger partial charge in [0.15, 0.2) is 0 Å². The van der Waals surface area contributed by atoms with Crippen LogP contribution in [0.3, 0.4) is 0 Å². The van der Waals surface area contributed by atoms with Crippen molar-refractivity contribution in [2.75, 3.05) is 10.7 Å². The van der Waals surface area contributed by atoms with E-state index in [1.54, 1.807) is 18.2 Å². The number of aryl methyl sites for hydroxylation is 1. The number of para-hydroxylation sites is 1. The highest BCUT2D eigenvalue weighted by atomic mass is 16.6. The van der Waals surface area contributed by atoms with Crippen LogP contribution in [0.1, 0.15) is 18.1 Å². The zero-order valence-electron chi connectivity index (χ0n) is 11.8. The van der Waals surface area contributed by atoms with Crippen molar-refractivity contribution in [1.29, 1.82) is 0 Å². The summed E-state index contributed by atoms with van der Waals surface area (Å²) < 4.78 is 0. The molecule has 110 valence electrons. The van der Waals surface area contributed by atoms with Crippen LogP contribution in [0.5, 0.6) is 0 Å². The summed E-state index contributed by atoms with van der Waals surface area (Å²) in [4.78, 5) is 10.7. The Kier molecular flexibility index (Phi) is 4.73. The summed E-state index contributed by atoms with van der Waals surface area (Å²) in [5, 5.41) is 14.3. The molecule has 4 N–H and O–H groups in total. The molecule has 2 aromatic rings. The maximum Gasteiger partial charge on any atom is 0.316 e. The number of nitrogens with two attached hydrogens (primary N) is 1. The number of anilines is 2. The molecule has 0 heterocycles. The predicted octanol–water partition coefficient (Wildman–Crippen LogP) is 3.05. The molecule has 0 aliphatic heterocycles. The number of nitrogen functional groups attached to an aromatic ring is 1. The first-order valence-electron chi connectivity index (χ1n) is 6.71. The molecule has 0 saturated heterocycles. The normalized spacial score (nSPS) is 10.2. The highest BCUT2D eigenvalue weighted by Gasteiger charge is 2.18. The van der Waals surface area contributed by atoms with Gasteiger partial charge in [0.25, 0.3) is 0 Å². The third-order valence-electron chi connectivity index (χ3n) is 3.29. The van der Waals surface area contributed by atoms with Crippen LogP contribution in [0.2, 0.25) is 0 Å². The molecular formula is C15H18N4O2. The quantitative estimate of drug-likeness (QED) is 0.431. The van der Waals surface area contributed by atoms with Crippen molar-refractivity contribution in [3.63, 3.8) is 0 Å². The van der Waals surface area contributed by atoms with Crippen LogP contribution in [0.4, 0.5) is 17.1 Å². The van der Waals surface area contributed by atoms with Crippen molar-refractivity contribution < 1.29 is 4.92 Å². The Hall–Kier alpha value is -2.60. The molecule has 2 aromatic carbocycles. The van der Waals surface area contributed by atoms with Crippen LogP contribution in [0.25, 0.3) is 0 Å². The van der Waals surface area contributed by atoms with E-state index in [9.17, 15) is 10.1 Å². The zero-order valence-corrected chi connectivity index (χ0v) is 11.8. The average molecular weight is 286 g/mol. The van der Waals surface area contributed by atoms with E-state index >= 15 is 0 Å². The van der Waals surface area contributed by atoms with E-state index in [4.69, 9.17) is 5.84 Å². The van der Waals surface area contributed by atoms with E-state index in [-0.39, 0.29) is 11.4 Å². The number of hydrogen-bond donors (Lipinski definition) is 3. The van der Waals surface area contributed by atoms with Crippen LogP contribution < -0.4 is 16.6 Å². The molecule has 0 spiro atoms. The Morgan fingerprint density at radius 2 is 1.71 bits per heavy atom. The van der Waals surface area contributed by atoms with Gasteiger partial charge >= 0.3 is 5.69 Å². The summed E-state index contributed by atoms with van der Waals surface area (Å²) in [7, 11) is 0. The average Bonchev–Trinajstić information content (AvgIpc) is 2.52. The highest BCUT2D eigenvalue weighted by Crippen LogP contribution is 2.32. The van der Waals surface area contributed by atoms with Gasteiger partial charge in [-0.3, -0.25) is 16.0 Å². The lowest BCUT2D eigenvalue weighted by molar-refractivity contribution is -0.383. The van der Waals surface area contributed by atoms with E-state index in [0.717, 1.165) is 12.0 Å². The van der Waals surface area contributed by atoms with Gasteiger partial charge in [0.2, 0.25) is 0 Å². The second-order valence-corrected chi connectivity index (χ2v) is 4.63. The van der Waals surface area contributed by atoms with Crippen molar-refractivity contribution in [3.8, 4) is 0 Å². The number of hydrazine groups is 1. The van der Waals surface area contributed by atoms with E-state index in [2.05, 4.69) is 29.8 Å². The third-order valence-corrected chi connectivity index (χ3v) is 3.29. The summed E-state index contributed by atoms with van der Waals surface area (Å²) in [6.45, 7) is 2.61. The smallest absolute Gasteiger partial charge is 0.316 e. The van der Waals surface area contributed by atoms with Gasteiger partial charge in [-0.25, -0.2) is 0 Å². The minimum Gasteiger partial charge on any atom is -0.375 e. The van der Waals surface area contributed by atoms with Crippen LogP contribution in [-0.4, -0.2) is 4.92 Å². The number of rotatable bonds is 6. The van der Waals surface area contributed by atoms with Crippen LogP contribution >= 0.6 is 0 Å². The van der Waals surface area contributed by atoms with Gasteiger partial charge in [-0.05, 0) is 29.7 Å². The lowest BCUT2D eigenvalue weighted by atomic mass is 10.1. The van der Waals surface area contributed by atoms with E-state index in [0.29, 0.717) is 12.2 Å². The zero-order chi connectivity index (χ0) is 15.2. The Bertz CT molecular complexity index is 626. The first-order chi connectivity index (χ1) is 10.2. The van der Waals surface area contributed by atoms with E-state index < -0.39 is 4.92 Å². The first kappa shape index (κ1) is 14.8. The minimum absolute atomic E-state index is 0.0508. The van der Waals surface area contributed by atoms with Gasteiger partial charge in [0.05, 0.1) is 4.92 Å². The van der Waals surface area contributed by atoms with E-state index in [1.807, 2.05) is 12.1 Å². The number of nitro groups is 1. The SMILES string of the molecule is CCc1ccc(CNc2cccc(NN)c2[N+](=O)[O-])cc1. The van der Waals surface area contributed by atoms with Crippen molar-refractivity contribution in [1.82, 2.24) is 0 Å². The molecule has 0 aliphatic rings. The molecular weight excluding hydrogens is 268 g/mol. The molecule has 6 heteroatoms.